The Bertz CT molecular complexity index is 326. The molecule has 124 valence electrons. The number of likely N-dealkylation sites (tertiary alicyclic amines) is 1. The molecule has 1 unspecified atom stereocenters. The minimum atomic E-state index is -0.267. The van der Waals surface area contributed by atoms with Gasteiger partial charge in [-0.3, -0.25) is 9.59 Å². The van der Waals surface area contributed by atoms with Crippen LogP contribution >= 0.6 is 12.4 Å². The van der Waals surface area contributed by atoms with Crippen LogP contribution in [0, 0.1) is 0 Å². The van der Waals surface area contributed by atoms with Gasteiger partial charge in [-0.2, -0.15) is 0 Å². The van der Waals surface area contributed by atoms with Gasteiger partial charge in [0.1, 0.15) is 6.04 Å². The van der Waals surface area contributed by atoms with Gasteiger partial charge in [0.2, 0.25) is 11.8 Å². The zero-order valence-corrected chi connectivity index (χ0v) is 14.3. The zero-order valence-electron chi connectivity index (χ0n) is 13.5. The summed E-state index contributed by atoms with van der Waals surface area (Å²) in [5, 5.41) is 6.23. The van der Waals surface area contributed by atoms with Crippen molar-refractivity contribution in [1.29, 1.82) is 0 Å². The molecule has 2 amide bonds. The second kappa shape index (κ2) is 10.9. The minimum absolute atomic E-state index is 0. The first kappa shape index (κ1) is 20.2. The molecule has 0 saturated carbocycles. The molecule has 1 aliphatic rings. The standard InChI is InChI=1S/C15H29N3O2.ClH/c1-4-8-14(19)18-10-7-6-9-13(18)15(20)17-11-12(3)16-5-2;/h12-13,16H,4-11H2,1-3H3,(H,17,20);1H/t12-,13?;/m1./s1. The summed E-state index contributed by atoms with van der Waals surface area (Å²) in [5.74, 6) is 0.117. The van der Waals surface area contributed by atoms with Crippen molar-refractivity contribution in [2.45, 2.75) is 65.0 Å². The van der Waals surface area contributed by atoms with Crippen molar-refractivity contribution < 1.29 is 9.59 Å². The van der Waals surface area contributed by atoms with Gasteiger partial charge in [-0.1, -0.05) is 13.8 Å². The van der Waals surface area contributed by atoms with Gasteiger partial charge >= 0.3 is 0 Å². The Morgan fingerprint density at radius 1 is 1.29 bits per heavy atom. The molecule has 0 aromatic carbocycles. The number of carbonyl (C=O) groups is 2. The molecule has 6 heteroatoms. The van der Waals surface area contributed by atoms with Crippen LogP contribution in [0.1, 0.15) is 52.9 Å². The van der Waals surface area contributed by atoms with Crippen LogP contribution < -0.4 is 10.6 Å². The number of rotatable bonds is 7. The van der Waals surface area contributed by atoms with E-state index >= 15 is 0 Å². The molecule has 2 atom stereocenters. The monoisotopic (exact) mass is 319 g/mol. The maximum absolute atomic E-state index is 12.3. The Hall–Kier alpha value is -0.810. The quantitative estimate of drug-likeness (QED) is 0.751. The van der Waals surface area contributed by atoms with E-state index in [1.807, 2.05) is 20.8 Å². The summed E-state index contributed by atoms with van der Waals surface area (Å²) in [7, 11) is 0. The number of carbonyl (C=O) groups excluding carboxylic acids is 2. The molecule has 0 aromatic heterocycles. The molecule has 0 bridgehead atoms. The van der Waals surface area contributed by atoms with Crippen LogP contribution in [0.15, 0.2) is 0 Å². The average Bonchev–Trinajstić information content (AvgIpc) is 2.45. The smallest absolute Gasteiger partial charge is 0.242 e. The summed E-state index contributed by atoms with van der Waals surface area (Å²) in [4.78, 5) is 26.2. The van der Waals surface area contributed by atoms with Crippen LogP contribution in [0.3, 0.4) is 0 Å². The van der Waals surface area contributed by atoms with Crippen molar-refractivity contribution in [3.8, 4) is 0 Å². The topological polar surface area (TPSA) is 61.4 Å². The van der Waals surface area contributed by atoms with Crippen LogP contribution in [0.5, 0.6) is 0 Å². The zero-order chi connectivity index (χ0) is 15.0. The molecular weight excluding hydrogens is 290 g/mol. The summed E-state index contributed by atoms with van der Waals surface area (Å²) >= 11 is 0. The van der Waals surface area contributed by atoms with Crippen molar-refractivity contribution in [2.24, 2.45) is 0 Å². The summed E-state index contributed by atoms with van der Waals surface area (Å²) in [5.41, 5.74) is 0. The lowest BCUT2D eigenvalue weighted by Crippen LogP contribution is -2.53. The van der Waals surface area contributed by atoms with Crippen molar-refractivity contribution in [2.75, 3.05) is 19.6 Å². The Balaban J connectivity index is 0.00000400. The highest BCUT2D eigenvalue weighted by Crippen LogP contribution is 2.18. The Morgan fingerprint density at radius 3 is 2.62 bits per heavy atom. The fourth-order valence-corrected chi connectivity index (χ4v) is 2.65. The van der Waals surface area contributed by atoms with E-state index in [4.69, 9.17) is 0 Å². The minimum Gasteiger partial charge on any atom is -0.353 e. The first-order valence-electron chi connectivity index (χ1n) is 7.90. The van der Waals surface area contributed by atoms with Crippen LogP contribution in [-0.4, -0.2) is 48.4 Å². The molecule has 1 heterocycles. The van der Waals surface area contributed by atoms with E-state index < -0.39 is 0 Å². The van der Waals surface area contributed by atoms with E-state index in [0.717, 1.165) is 38.8 Å². The van der Waals surface area contributed by atoms with Gasteiger partial charge in [0, 0.05) is 25.6 Å². The molecule has 1 aliphatic heterocycles. The highest BCUT2D eigenvalue weighted by molar-refractivity contribution is 5.87. The van der Waals surface area contributed by atoms with Crippen molar-refractivity contribution in [3.05, 3.63) is 0 Å². The van der Waals surface area contributed by atoms with E-state index in [0.29, 0.717) is 13.0 Å². The fraction of sp³-hybridized carbons (Fsp3) is 0.867. The van der Waals surface area contributed by atoms with Crippen molar-refractivity contribution in [3.63, 3.8) is 0 Å². The molecule has 2 N–H and O–H groups in total. The molecular formula is C15H30ClN3O2. The number of hydrogen-bond donors (Lipinski definition) is 2. The third-order valence-corrected chi connectivity index (χ3v) is 3.72. The third-order valence-electron chi connectivity index (χ3n) is 3.72. The van der Waals surface area contributed by atoms with E-state index in [-0.39, 0.29) is 36.3 Å². The van der Waals surface area contributed by atoms with Gasteiger partial charge in [-0.15, -0.1) is 12.4 Å². The SMILES string of the molecule is CCCC(=O)N1CCCCC1C(=O)NC[C@@H](C)NCC.Cl. The largest absolute Gasteiger partial charge is 0.353 e. The predicted octanol–water partition coefficient (Wildman–Crippen LogP) is 1.70. The molecule has 0 aromatic rings. The number of piperidine rings is 1. The van der Waals surface area contributed by atoms with Crippen LogP contribution in [0.2, 0.25) is 0 Å². The number of nitrogens with zero attached hydrogens (tertiary/aromatic N) is 1. The summed E-state index contributed by atoms with van der Waals surface area (Å²) < 4.78 is 0. The molecule has 21 heavy (non-hydrogen) atoms. The number of nitrogens with one attached hydrogen (secondary N) is 2. The van der Waals surface area contributed by atoms with Crippen molar-refractivity contribution >= 4 is 24.2 Å². The molecule has 0 aliphatic carbocycles. The molecule has 0 spiro atoms. The molecule has 0 radical (unpaired) electrons. The normalized spacial score (nSPS) is 19.6. The average molecular weight is 320 g/mol. The molecule has 1 rings (SSSR count). The lowest BCUT2D eigenvalue weighted by atomic mass is 10.0. The lowest BCUT2D eigenvalue weighted by Gasteiger charge is -2.35. The highest BCUT2D eigenvalue weighted by Gasteiger charge is 2.31. The lowest BCUT2D eigenvalue weighted by molar-refractivity contribution is -0.142. The second-order valence-electron chi connectivity index (χ2n) is 5.55. The number of hydrogen-bond acceptors (Lipinski definition) is 3. The molecule has 1 fully saturated rings. The van der Waals surface area contributed by atoms with Gasteiger partial charge < -0.3 is 15.5 Å². The fourth-order valence-electron chi connectivity index (χ4n) is 2.65. The first-order valence-corrected chi connectivity index (χ1v) is 7.90. The Morgan fingerprint density at radius 2 is 2.00 bits per heavy atom. The Kier molecular flexibility index (Phi) is 10.4. The second-order valence-corrected chi connectivity index (χ2v) is 5.55. The number of likely N-dealkylation sites (N-methyl/N-ethyl adjacent to an activating group) is 1. The van der Waals surface area contributed by atoms with Gasteiger partial charge in [0.05, 0.1) is 0 Å². The molecule has 5 nitrogen and oxygen atoms in total. The Labute approximate surface area is 134 Å². The maximum atomic E-state index is 12.3. The van der Waals surface area contributed by atoms with Gasteiger partial charge in [-0.05, 0) is 39.2 Å². The van der Waals surface area contributed by atoms with E-state index in [1.165, 1.54) is 0 Å². The summed E-state index contributed by atoms with van der Waals surface area (Å²) in [6, 6.07) is -0.0102. The van der Waals surface area contributed by atoms with E-state index in [2.05, 4.69) is 10.6 Å². The van der Waals surface area contributed by atoms with E-state index in [1.54, 1.807) is 4.90 Å². The van der Waals surface area contributed by atoms with Crippen LogP contribution in [0.25, 0.3) is 0 Å². The van der Waals surface area contributed by atoms with Crippen LogP contribution in [0.4, 0.5) is 0 Å². The van der Waals surface area contributed by atoms with Gasteiger partial charge in [0.25, 0.3) is 0 Å². The summed E-state index contributed by atoms with van der Waals surface area (Å²) in [6.07, 6.45) is 4.19. The first-order chi connectivity index (χ1) is 9.60. The number of halogens is 1. The predicted molar refractivity (Wildman–Crippen MR) is 87.7 cm³/mol. The highest BCUT2D eigenvalue weighted by atomic mass is 35.5. The van der Waals surface area contributed by atoms with E-state index in [9.17, 15) is 9.59 Å². The van der Waals surface area contributed by atoms with Gasteiger partial charge in [0.15, 0.2) is 0 Å². The third kappa shape index (κ3) is 6.66. The molecule has 1 saturated heterocycles. The van der Waals surface area contributed by atoms with Crippen LogP contribution in [-0.2, 0) is 9.59 Å². The van der Waals surface area contributed by atoms with Crippen molar-refractivity contribution in [1.82, 2.24) is 15.5 Å². The summed E-state index contributed by atoms with van der Waals surface area (Å²) in [6.45, 7) is 8.31. The number of amides is 2. The van der Waals surface area contributed by atoms with Gasteiger partial charge in [-0.25, -0.2) is 0 Å². The maximum Gasteiger partial charge on any atom is 0.242 e.